The number of Topliss-reactive ketones (excluding diaryl/α,β-unsaturated/α-hetero) is 1. The van der Waals surface area contributed by atoms with Crippen LogP contribution in [0.25, 0.3) is 0 Å². The quantitative estimate of drug-likeness (QED) is 0.467. The molecule has 0 radical (unpaired) electrons. The first-order chi connectivity index (χ1) is 12.4. The van der Waals surface area contributed by atoms with Crippen LogP contribution in [0.3, 0.4) is 0 Å². The molecular weight excluding hydrogens is 420 g/mol. The second kappa shape index (κ2) is 8.28. The number of ketones is 1. The highest BCUT2D eigenvalue weighted by Crippen LogP contribution is 2.42. The maximum absolute atomic E-state index is 12.7. The third kappa shape index (κ3) is 5.17. The first kappa shape index (κ1) is 22.5. The van der Waals surface area contributed by atoms with E-state index >= 15 is 0 Å². The van der Waals surface area contributed by atoms with Crippen molar-refractivity contribution in [1.82, 2.24) is 0 Å². The predicted octanol–water partition coefficient (Wildman–Crippen LogP) is 6.64. The molecule has 0 bridgehead atoms. The lowest BCUT2D eigenvalue weighted by Gasteiger charge is -2.38. The molecule has 0 saturated heterocycles. The largest absolute Gasteiger partial charge is 0.543 e. The van der Waals surface area contributed by atoms with Crippen LogP contribution in [0.4, 0.5) is 0 Å². The fourth-order valence-electron chi connectivity index (χ4n) is 3.66. The number of carbonyl (C=O) groups excluding carboxylic acids is 1. The molecule has 3 nitrogen and oxygen atoms in total. The zero-order chi connectivity index (χ0) is 20.6. The Labute approximate surface area is 174 Å². The maximum atomic E-state index is 12.7. The van der Waals surface area contributed by atoms with Crippen molar-refractivity contribution >= 4 is 30.0 Å². The van der Waals surface area contributed by atoms with E-state index in [-0.39, 0.29) is 11.0 Å². The first-order valence-electron chi connectivity index (χ1n) is 9.94. The van der Waals surface area contributed by atoms with Crippen LogP contribution in [0.15, 0.2) is 16.6 Å². The van der Waals surface area contributed by atoms with Crippen molar-refractivity contribution in [3.05, 3.63) is 22.2 Å². The van der Waals surface area contributed by atoms with Gasteiger partial charge in [0.1, 0.15) is 17.3 Å². The van der Waals surface area contributed by atoms with Crippen LogP contribution in [0.5, 0.6) is 11.5 Å². The van der Waals surface area contributed by atoms with E-state index in [1.165, 1.54) is 0 Å². The molecule has 1 aromatic carbocycles. The van der Waals surface area contributed by atoms with Crippen LogP contribution in [-0.4, -0.2) is 21.2 Å². The van der Waals surface area contributed by atoms with Crippen molar-refractivity contribution in [3.63, 3.8) is 0 Å². The van der Waals surface area contributed by atoms with Gasteiger partial charge in [-0.05, 0) is 76.4 Å². The molecule has 152 valence electrons. The number of ether oxygens (including phenoxy) is 1. The Morgan fingerprint density at radius 3 is 2.33 bits per heavy atom. The number of hydrogen-bond acceptors (Lipinski definition) is 3. The normalized spacial score (nSPS) is 24.0. The summed E-state index contributed by atoms with van der Waals surface area (Å²) in [5.41, 5.74) is 1.08. The van der Waals surface area contributed by atoms with E-state index in [9.17, 15) is 4.79 Å². The van der Waals surface area contributed by atoms with Gasteiger partial charge in [-0.2, -0.15) is 0 Å². The Morgan fingerprint density at radius 1 is 1.19 bits per heavy atom. The Bertz CT molecular complexity index is 694. The zero-order valence-electron chi connectivity index (χ0n) is 18.1. The number of benzene rings is 1. The van der Waals surface area contributed by atoms with Gasteiger partial charge in [-0.15, -0.1) is 0 Å². The average Bonchev–Trinajstić information content (AvgIpc) is 2.51. The summed E-state index contributed by atoms with van der Waals surface area (Å²) in [5, 5.41) is 0.111. The third-order valence-corrected chi connectivity index (χ3v) is 11.3. The summed E-state index contributed by atoms with van der Waals surface area (Å²) in [6, 6.07) is 4.07. The standard InChI is InChI=1S/C22H35BrO3Si/c1-14-9-15(2)17(19(24)10-14)11-16-12-21(25-6)18(23)13-20(16)26-27(7,8)22(3,4)5/h12-15,17H,9-11H2,1-8H3/t14?,15-,17+/m1/s1. The molecule has 0 amide bonds. The van der Waals surface area contributed by atoms with Gasteiger partial charge in [0.25, 0.3) is 0 Å². The fraction of sp³-hybridized carbons (Fsp3) is 0.682. The van der Waals surface area contributed by atoms with Crippen LogP contribution < -0.4 is 9.16 Å². The van der Waals surface area contributed by atoms with Crippen LogP contribution in [0, 0.1) is 17.8 Å². The van der Waals surface area contributed by atoms with Crippen molar-refractivity contribution < 1.29 is 14.0 Å². The summed E-state index contributed by atoms with van der Waals surface area (Å²) >= 11 is 3.60. The molecule has 27 heavy (non-hydrogen) atoms. The molecule has 0 spiro atoms. The van der Waals surface area contributed by atoms with Gasteiger partial charge in [-0.3, -0.25) is 4.79 Å². The van der Waals surface area contributed by atoms with Gasteiger partial charge >= 0.3 is 0 Å². The topological polar surface area (TPSA) is 35.5 Å². The van der Waals surface area contributed by atoms with E-state index < -0.39 is 8.32 Å². The molecule has 1 saturated carbocycles. The van der Waals surface area contributed by atoms with Crippen molar-refractivity contribution in [2.75, 3.05) is 7.11 Å². The Balaban J connectivity index is 2.40. The molecule has 2 rings (SSSR count). The van der Waals surface area contributed by atoms with E-state index in [2.05, 4.69) is 63.6 Å². The number of carbonyl (C=O) groups is 1. The van der Waals surface area contributed by atoms with Crippen LogP contribution >= 0.6 is 15.9 Å². The Hall–Kier alpha value is -0.813. The van der Waals surface area contributed by atoms with E-state index in [1.807, 2.05) is 12.1 Å². The van der Waals surface area contributed by atoms with Gasteiger partial charge < -0.3 is 9.16 Å². The molecule has 1 fully saturated rings. The summed E-state index contributed by atoms with van der Waals surface area (Å²) in [6.07, 6.45) is 2.53. The van der Waals surface area contributed by atoms with Crippen molar-refractivity contribution in [2.45, 2.75) is 72.0 Å². The minimum Gasteiger partial charge on any atom is -0.543 e. The highest BCUT2D eigenvalue weighted by atomic mass is 79.9. The molecular formula is C22H35BrO3Si. The van der Waals surface area contributed by atoms with E-state index in [0.717, 1.165) is 34.4 Å². The Kier molecular flexibility index (Phi) is 6.89. The molecule has 3 atom stereocenters. The molecule has 1 aromatic rings. The molecule has 0 heterocycles. The smallest absolute Gasteiger partial charge is 0.250 e. The number of hydrogen-bond donors (Lipinski definition) is 0. The van der Waals surface area contributed by atoms with Gasteiger partial charge in [0.15, 0.2) is 0 Å². The summed E-state index contributed by atoms with van der Waals surface area (Å²) in [5.74, 6) is 3.03. The summed E-state index contributed by atoms with van der Waals surface area (Å²) in [7, 11) is -0.310. The highest BCUT2D eigenvalue weighted by molar-refractivity contribution is 9.10. The van der Waals surface area contributed by atoms with Crippen LogP contribution in [-0.2, 0) is 11.2 Å². The molecule has 0 aliphatic heterocycles. The lowest BCUT2D eigenvalue weighted by atomic mass is 9.72. The maximum Gasteiger partial charge on any atom is 0.250 e. The fourth-order valence-corrected chi connectivity index (χ4v) is 5.19. The second-order valence-electron chi connectivity index (χ2n) is 9.76. The summed E-state index contributed by atoms with van der Waals surface area (Å²) < 4.78 is 13.1. The van der Waals surface area contributed by atoms with Gasteiger partial charge in [0.05, 0.1) is 11.6 Å². The summed E-state index contributed by atoms with van der Waals surface area (Å²) in [4.78, 5) is 12.7. The number of methoxy groups -OCH3 is 1. The first-order valence-corrected chi connectivity index (χ1v) is 13.6. The van der Waals surface area contributed by atoms with Crippen LogP contribution in [0.1, 0.15) is 53.0 Å². The molecule has 5 heteroatoms. The highest BCUT2D eigenvalue weighted by Gasteiger charge is 2.40. The molecule has 0 N–H and O–H groups in total. The van der Waals surface area contributed by atoms with E-state index in [0.29, 0.717) is 24.0 Å². The van der Waals surface area contributed by atoms with Gasteiger partial charge in [0, 0.05) is 12.3 Å². The number of rotatable bonds is 5. The monoisotopic (exact) mass is 454 g/mol. The van der Waals surface area contributed by atoms with E-state index in [1.54, 1.807) is 7.11 Å². The number of halogens is 1. The second-order valence-corrected chi connectivity index (χ2v) is 15.3. The summed E-state index contributed by atoms with van der Waals surface area (Å²) in [6.45, 7) is 15.6. The predicted molar refractivity (Wildman–Crippen MR) is 118 cm³/mol. The zero-order valence-corrected chi connectivity index (χ0v) is 20.7. The molecule has 1 aliphatic carbocycles. The van der Waals surface area contributed by atoms with Gasteiger partial charge in [-0.1, -0.05) is 34.6 Å². The van der Waals surface area contributed by atoms with Crippen LogP contribution in [0.2, 0.25) is 18.1 Å². The minimum atomic E-state index is -1.98. The third-order valence-electron chi connectivity index (χ3n) is 6.37. The van der Waals surface area contributed by atoms with Gasteiger partial charge in [0.2, 0.25) is 8.32 Å². The molecule has 1 unspecified atom stereocenters. The minimum absolute atomic E-state index is 0.0637. The SMILES string of the molecule is COc1cc(C[C@@H]2C(=O)CC(C)C[C@H]2C)c(O[Si](C)(C)C(C)(C)C)cc1Br. The van der Waals surface area contributed by atoms with Crippen molar-refractivity contribution in [3.8, 4) is 11.5 Å². The van der Waals surface area contributed by atoms with E-state index in [4.69, 9.17) is 9.16 Å². The lowest BCUT2D eigenvalue weighted by Crippen LogP contribution is -2.44. The van der Waals surface area contributed by atoms with Crippen molar-refractivity contribution in [1.29, 1.82) is 0 Å². The lowest BCUT2D eigenvalue weighted by molar-refractivity contribution is -0.127. The average molecular weight is 456 g/mol. The van der Waals surface area contributed by atoms with Crippen molar-refractivity contribution in [2.24, 2.45) is 17.8 Å². The Morgan fingerprint density at radius 2 is 1.81 bits per heavy atom. The molecule has 1 aliphatic rings. The molecule has 0 aromatic heterocycles. The van der Waals surface area contributed by atoms with Gasteiger partial charge in [-0.25, -0.2) is 0 Å².